The van der Waals surface area contributed by atoms with Crippen molar-refractivity contribution in [1.82, 2.24) is 20.4 Å². The Morgan fingerprint density at radius 2 is 0.716 bits per heavy atom. The molecule has 0 bridgehead atoms. The molecule has 10 rings (SSSR count). The summed E-state index contributed by atoms with van der Waals surface area (Å²) in [7, 11) is 0. The fourth-order valence-electron chi connectivity index (χ4n) is 9.36. The van der Waals surface area contributed by atoms with Gasteiger partial charge in [0, 0.05) is 0 Å². The predicted molar refractivity (Wildman–Crippen MR) is 277 cm³/mol. The summed E-state index contributed by atoms with van der Waals surface area (Å²) in [6.45, 7) is 14.6. The van der Waals surface area contributed by atoms with E-state index in [1.807, 2.05) is 0 Å². The van der Waals surface area contributed by atoms with Gasteiger partial charge in [0.05, 0.1) is 0 Å². The Labute approximate surface area is 414 Å². The Morgan fingerprint density at radius 1 is 0.403 bits per heavy atom. The maximum Gasteiger partial charge on any atom is 4.00 e. The average molecular weight is 1060 g/mol. The molecule has 0 amide bonds. The van der Waals surface area contributed by atoms with Crippen molar-refractivity contribution < 1.29 is 21.1 Å². The van der Waals surface area contributed by atoms with Crippen LogP contribution < -0.4 is 10.6 Å². The third-order valence-electron chi connectivity index (χ3n) is 12.6. The van der Waals surface area contributed by atoms with Gasteiger partial charge < -0.3 is 20.4 Å². The van der Waals surface area contributed by atoms with Gasteiger partial charge >= 0.3 is 21.1 Å². The summed E-state index contributed by atoms with van der Waals surface area (Å²) in [6, 6.07) is 73.0. The number of nitrogens with zero attached hydrogens (tertiary/aromatic N) is 2. The summed E-state index contributed by atoms with van der Waals surface area (Å²) in [5.41, 5.74) is 20.2. The molecular formula is C62H60N4Pt. The van der Waals surface area contributed by atoms with Crippen LogP contribution in [0, 0.1) is 25.5 Å². The molecule has 338 valence electrons. The van der Waals surface area contributed by atoms with Gasteiger partial charge in [-0.2, -0.15) is 47.5 Å². The van der Waals surface area contributed by atoms with E-state index in [0.717, 1.165) is 65.0 Å². The summed E-state index contributed by atoms with van der Waals surface area (Å²) in [5, 5.41) is 6.82. The minimum atomic E-state index is 0. The second-order valence-corrected chi connectivity index (χ2v) is 17.3. The van der Waals surface area contributed by atoms with Crippen molar-refractivity contribution in [1.29, 1.82) is 0 Å². The molecule has 2 heterocycles. The number of hydrogen-bond acceptors (Lipinski definition) is 4. The van der Waals surface area contributed by atoms with Gasteiger partial charge in [-0.1, -0.05) is 184 Å². The molecule has 2 N–H and O–H groups in total. The molecule has 67 heavy (non-hydrogen) atoms. The second-order valence-electron chi connectivity index (χ2n) is 17.3. The van der Waals surface area contributed by atoms with Crippen LogP contribution in [-0.4, -0.2) is 36.0 Å². The monoisotopic (exact) mass is 1060 g/mol. The molecule has 0 atom stereocenters. The Bertz CT molecular complexity index is 2600. The zero-order valence-electron chi connectivity index (χ0n) is 38.8. The van der Waals surface area contributed by atoms with Gasteiger partial charge in [0.1, 0.15) is 0 Å². The molecule has 4 nitrogen and oxygen atoms in total. The van der Waals surface area contributed by atoms with Crippen molar-refractivity contribution in [2.45, 2.75) is 52.6 Å². The van der Waals surface area contributed by atoms with Crippen LogP contribution in [0.5, 0.6) is 0 Å². The van der Waals surface area contributed by atoms with E-state index in [4.69, 9.17) is 0 Å². The second kappa shape index (κ2) is 23.8. The Kier molecular flexibility index (Phi) is 17.0. The zero-order chi connectivity index (χ0) is 44.9. The van der Waals surface area contributed by atoms with E-state index in [2.05, 4.69) is 242 Å². The minimum Gasteiger partial charge on any atom is -0.456 e. The topological polar surface area (TPSA) is 30.5 Å². The summed E-state index contributed by atoms with van der Waals surface area (Å²) in [5.74, 6) is 0. The minimum absolute atomic E-state index is 0. The smallest absolute Gasteiger partial charge is 0.456 e. The molecule has 2 saturated heterocycles. The van der Waals surface area contributed by atoms with Gasteiger partial charge in [-0.25, -0.2) is 13.3 Å². The zero-order valence-corrected chi connectivity index (χ0v) is 41.0. The summed E-state index contributed by atoms with van der Waals surface area (Å²) in [4.78, 5) is 4.75. The first-order chi connectivity index (χ1) is 32.6. The standard InChI is InChI=1S/C34H35N4.C28H25.Pt/c1-3-10-29(11-4-1)32-14-7-15-33(30-12-5-2-6-13-30)34(32)31-21-27(23-37-18-8-16-35-25-37)20-28(22-31)24-38-19-9-17-36-26-38;1-3-21-18-22(4-2)20-25(19-21)28-26(23-12-7-5-8-13-23)16-11-17-27(28)24-14-9-6-10-15-24;/h1-7,10-15,21-22,25-26,35-36H,8-9,16-19,23-24H2;5-17,19-20H,3-4H2,1-2H3;/q-3;-1;+4. The normalized spacial score (nSPS) is 14.1. The number of rotatable bonds is 12. The van der Waals surface area contributed by atoms with Crippen LogP contribution in [0.3, 0.4) is 0 Å². The Hall–Kier alpha value is -5.71. The number of benzene rings is 8. The predicted octanol–water partition coefficient (Wildman–Crippen LogP) is 13.9. The van der Waals surface area contributed by atoms with Gasteiger partial charge in [-0.3, -0.25) is 0 Å². The molecule has 0 saturated carbocycles. The first-order valence-corrected chi connectivity index (χ1v) is 23.8. The van der Waals surface area contributed by atoms with Crippen molar-refractivity contribution in [2.75, 3.05) is 26.2 Å². The molecular weight excluding hydrogens is 996 g/mol. The SMILES string of the molecule is CCc1[c-]c(CC)cc(-c2c(-c3ccccc3)cccc2-c2ccccc2)c1.[Pt+4].[c-]1c(CN2[CH-]NCCC2)cc(-c2c(-c3ccccc3)cccc2-c2ccccc2)cc1CN1[CH-]NCCC1. The van der Waals surface area contributed by atoms with Crippen LogP contribution in [-0.2, 0) is 47.0 Å². The van der Waals surface area contributed by atoms with E-state index in [0.29, 0.717) is 0 Å². The molecule has 8 aromatic carbocycles. The fourth-order valence-corrected chi connectivity index (χ4v) is 9.36. The average Bonchev–Trinajstić information content (AvgIpc) is 3.39. The maximum atomic E-state index is 3.79. The molecule has 2 fully saturated rings. The Morgan fingerprint density at radius 3 is 1.01 bits per heavy atom. The maximum absolute atomic E-state index is 3.79. The number of aryl methyl sites for hydroxylation is 2. The van der Waals surface area contributed by atoms with Gasteiger partial charge in [-0.05, 0) is 108 Å². The van der Waals surface area contributed by atoms with Gasteiger partial charge in [0.2, 0.25) is 0 Å². The third-order valence-corrected chi connectivity index (χ3v) is 12.6. The van der Waals surface area contributed by atoms with E-state index in [-0.39, 0.29) is 21.1 Å². The number of nitrogens with one attached hydrogen (secondary N) is 2. The van der Waals surface area contributed by atoms with E-state index in [1.165, 1.54) is 89.0 Å². The first-order valence-electron chi connectivity index (χ1n) is 23.8. The third kappa shape index (κ3) is 12.1. The van der Waals surface area contributed by atoms with Gasteiger partial charge in [0.25, 0.3) is 0 Å². The van der Waals surface area contributed by atoms with E-state index >= 15 is 0 Å². The summed E-state index contributed by atoms with van der Waals surface area (Å²) < 4.78 is 0. The molecule has 2 aliphatic rings. The van der Waals surface area contributed by atoms with Crippen LogP contribution in [0.25, 0.3) is 66.8 Å². The fraction of sp³-hybridized carbons (Fsp3) is 0.194. The molecule has 0 unspecified atom stereocenters. The van der Waals surface area contributed by atoms with Gasteiger partial charge in [-0.15, -0.1) is 22.3 Å². The molecule has 0 aliphatic carbocycles. The quantitative estimate of drug-likeness (QED) is 0.119. The van der Waals surface area contributed by atoms with Crippen molar-refractivity contribution in [2.24, 2.45) is 0 Å². The largest absolute Gasteiger partial charge is 4.00 e. The van der Waals surface area contributed by atoms with Crippen molar-refractivity contribution >= 4 is 0 Å². The van der Waals surface area contributed by atoms with Crippen LogP contribution in [0.1, 0.15) is 48.9 Å². The van der Waals surface area contributed by atoms with Crippen LogP contribution in [0.15, 0.2) is 182 Å². The van der Waals surface area contributed by atoms with Crippen LogP contribution in [0.4, 0.5) is 0 Å². The number of hydrogen-bond donors (Lipinski definition) is 2. The molecule has 5 heteroatoms. The molecule has 8 aromatic rings. The van der Waals surface area contributed by atoms with E-state index in [9.17, 15) is 0 Å². The van der Waals surface area contributed by atoms with Crippen LogP contribution >= 0.6 is 0 Å². The summed E-state index contributed by atoms with van der Waals surface area (Å²) >= 11 is 0. The van der Waals surface area contributed by atoms with Crippen molar-refractivity contribution in [3.63, 3.8) is 0 Å². The van der Waals surface area contributed by atoms with Gasteiger partial charge in [0.15, 0.2) is 0 Å². The van der Waals surface area contributed by atoms with Crippen molar-refractivity contribution in [3.05, 3.63) is 230 Å². The van der Waals surface area contributed by atoms with E-state index < -0.39 is 0 Å². The van der Waals surface area contributed by atoms with Crippen LogP contribution in [0.2, 0.25) is 0 Å². The van der Waals surface area contributed by atoms with Crippen molar-refractivity contribution in [3.8, 4) is 66.8 Å². The summed E-state index contributed by atoms with van der Waals surface area (Å²) in [6.07, 6.45) is 4.31. The molecule has 0 spiro atoms. The Balaban J connectivity index is 0.000000187. The van der Waals surface area contributed by atoms with E-state index in [1.54, 1.807) is 0 Å². The molecule has 2 aliphatic heterocycles. The first kappa shape index (κ1) is 47.8. The molecule has 0 aromatic heterocycles. The molecule has 0 radical (unpaired) electrons.